The molecule has 6 nitrogen and oxygen atoms in total. The third kappa shape index (κ3) is 1.92. The number of nitrogens with zero attached hydrogens (tertiary/aromatic N) is 4. The molecule has 1 spiro atoms. The fourth-order valence-corrected chi connectivity index (χ4v) is 3.73. The van der Waals surface area contributed by atoms with Crippen LogP contribution in [0.25, 0.3) is 11.2 Å². The highest BCUT2D eigenvalue weighted by atomic mass is 35.5. The molecule has 0 aromatic carbocycles. The van der Waals surface area contributed by atoms with Crippen molar-refractivity contribution in [3.05, 3.63) is 22.0 Å². The molecule has 2 fully saturated rings. The average Bonchev–Trinajstić information content (AvgIpc) is 2.69. The van der Waals surface area contributed by atoms with Crippen molar-refractivity contribution in [1.82, 2.24) is 19.1 Å². The maximum Gasteiger partial charge on any atom is 0.330 e. The minimum Gasteiger partial charge on any atom is -0.380 e. The number of hydrogen-bond acceptors (Lipinski definition) is 4. The summed E-state index contributed by atoms with van der Waals surface area (Å²) < 4.78 is 8.76. The Bertz CT molecular complexity index is 752. The lowest BCUT2D eigenvalue weighted by atomic mass is 9.71. The van der Waals surface area contributed by atoms with Crippen molar-refractivity contribution in [2.45, 2.75) is 31.7 Å². The van der Waals surface area contributed by atoms with Gasteiger partial charge >= 0.3 is 5.69 Å². The Morgan fingerprint density at radius 3 is 2.71 bits per heavy atom. The number of rotatable bonds is 1. The Morgan fingerprint density at radius 1 is 1.38 bits per heavy atom. The second-order valence-corrected chi connectivity index (χ2v) is 6.62. The molecule has 1 saturated heterocycles. The Labute approximate surface area is 126 Å². The first kappa shape index (κ1) is 13.3. The zero-order valence-electron chi connectivity index (χ0n) is 11.9. The average molecular weight is 309 g/mol. The molecule has 2 aromatic heterocycles. The normalized spacial score (nSPS) is 21.8. The van der Waals surface area contributed by atoms with Crippen LogP contribution in [0.2, 0.25) is 5.28 Å². The third-order valence-corrected chi connectivity index (χ3v) is 5.18. The second-order valence-electron chi connectivity index (χ2n) is 6.28. The van der Waals surface area contributed by atoms with E-state index in [0.717, 1.165) is 44.4 Å². The highest BCUT2D eigenvalue weighted by Crippen LogP contribution is 2.45. The van der Waals surface area contributed by atoms with Gasteiger partial charge in [0.2, 0.25) is 5.28 Å². The van der Waals surface area contributed by atoms with Crippen LogP contribution in [0.1, 0.15) is 31.7 Å². The van der Waals surface area contributed by atoms with E-state index in [-0.39, 0.29) is 17.0 Å². The SMILES string of the molecule is Cn1c(=O)n(C2CCC3(CC2)COC3)c2nc(Cl)ncc21. The van der Waals surface area contributed by atoms with E-state index < -0.39 is 0 Å². The minimum absolute atomic E-state index is 0.0348. The largest absolute Gasteiger partial charge is 0.380 e. The zero-order chi connectivity index (χ0) is 14.6. The van der Waals surface area contributed by atoms with Crippen LogP contribution < -0.4 is 5.69 Å². The predicted octanol–water partition coefficient (Wildman–Crippen LogP) is 1.92. The van der Waals surface area contributed by atoms with E-state index in [1.54, 1.807) is 22.4 Å². The molecule has 0 N–H and O–H groups in total. The summed E-state index contributed by atoms with van der Waals surface area (Å²) in [6, 6.07) is 0.193. The van der Waals surface area contributed by atoms with Crippen molar-refractivity contribution in [3.63, 3.8) is 0 Å². The van der Waals surface area contributed by atoms with Crippen molar-refractivity contribution in [1.29, 1.82) is 0 Å². The van der Waals surface area contributed by atoms with Crippen LogP contribution in [0.4, 0.5) is 0 Å². The molecule has 0 bridgehead atoms. The lowest BCUT2D eigenvalue weighted by Gasteiger charge is -2.46. The summed E-state index contributed by atoms with van der Waals surface area (Å²) in [6.07, 6.45) is 5.82. The molecule has 112 valence electrons. The summed E-state index contributed by atoms with van der Waals surface area (Å²) in [6.45, 7) is 1.75. The molecule has 2 aromatic rings. The Hall–Kier alpha value is -1.40. The Kier molecular flexibility index (Phi) is 2.87. The number of aryl methyl sites for hydroxylation is 1. The van der Waals surface area contributed by atoms with Crippen molar-refractivity contribution in [2.24, 2.45) is 12.5 Å². The molecule has 1 aliphatic heterocycles. The lowest BCUT2D eigenvalue weighted by Crippen LogP contribution is -2.45. The van der Waals surface area contributed by atoms with E-state index in [1.165, 1.54) is 0 Å². The number of ether oxygens (including phenoxy) is 1. The smallest absolute Gasteiger partial charge is 0.330 e. The van der Waals surface area contributed by atoms with Gasteiger partial charge in [-0.1, -0.05) is 0 Å². The molecule has 1 saturated carbocycles. The molecule has 1 aliphatic carbocycles. The molecule has 0 radical (unpaired) electrons. The first-order chi connectivity index (χ1) is 10.1. The molecule has 0 amide bonds. The van der Waals surface area contributed by atoms with Crippen LogP contribution in [0.15, 0.2) is 11.0 Å². The van der Waals surface area contributed by atoms with Crippen molar-refractivity contribution in [3.8, 4) is 0 Å². The van der Waals surface area contributed by atoms with Crippen LogP contribution in [-0.2, 0) is 11.8 Å². The molecule has 21 heavy (non-hydrogen) atoms. The highest BCUT2D eigenvalue weighted by molar-refractivity contribution is 6.28. The van der Waals surface area contributed by atoms with Gasteiger partial charge in [0.15, 0.2) is 5.65 Å². The summed E-state index contributed by atoms with van der Waals surface area (Å²) in [7, 11) is 1.75. The zero-order valence-corrected chi connectivity index (χ0v) is 12.6. The fourth-order valence-electron chi connectivity index (χ4n) is 3.60. The molecule has 3 heterocycles. The summed E-state index contributed by atoms with van der Waals surface area (Å²) in [4.78, 5) is 20.8. The molecule has 0 atom stereocenters. The first-order valence-electron chi connectivity index (χ1n) is 7.27. The van der Waals surface area contributed by atoms with E-state index in [1.807, 2.05) is 0 Å². The van der Waals surface area contributed by atoms with E-state index >= 15 is 0 Å². The molecular formula is C14H17ClN4O2. The van der Waals surface area contributed by atoms with Gasteiger partial charge in [-0.25, -0.2) is 9.78 Å². The topological polar surface area (TPSA) is 61.9 Å². The molecule has 7 heteroatoms. The number of fused-ring (bicyclic) bond motifs is 1. The van der Waals surface area contributed by atoms with Crippen molar-refractivity contribution in [2.75, 3.05) is 13.2 Å². The van der Waals surface area contributed by atoms with E-state index in [4.69, 9.17) is 16.3 Å². The Morgan fingerprint density at radius 2 is 2.10 bits per heavy atom. The third-order valence-electron chi connectivity index (χ3n) is 5.00. The summed E-state index contributed by atoms with van der Waals surface area (Å²) >= 11 is 5.90. The number of hydrogen-bond donors (Lipinski definition) is 0. The monoisotopic (exact) mass is 308 g/mol. The summed E-state index contributed by atoms with van der Waals surface area (Å²) in [5.74, 6) is 0. The van der Waals surface area contributed by atoms with Crippen LogP contribution in [0.3, 0.4) is 0 Å². The van der Waals surface area contributed by atoms with Crippen LogP contribution in [0.5, 0.6) is 0 Å². The van der Waals surface area contributed by atoms with E-state index in [2.05, 4.69) is 9.97 Å². The van der Waals surface area contributed by atoms with Gasteiger partial charge in [-0.2, -0.15) is 4.98 Å². The van der Waals surface area contributed by atoms with Gasteiger partial charge in [-0.05, 0) is 37.3 Å². The first-order valence-corrected chi connectivity index (χ1v) is 7.65. The summed E-state index contributed by atoms with van der Waals surface area (Å²) in [5, 5.41) is 0.182. The van der Waals surface area contributed by atoms with Gasteiger partial charge in [-0.3, -0.25) is 9.13 Å². The minimum atomic E-state index is -0.0348. The number of aromatic nitrogens is 4. The van der Waals surface area contributed by atoms with E-state index in [0.29, 0.717) is 11.1 Å². The maximum absolute atomic E-state index is 12.5. The molecule has 0 unspecified atom stereocenters. The van der Waals surface area contributed by atoms with Gasteiger partial charge in [0.1, 0.15) is 5.52 Å². The van der Waals surface area contributed by atoms with Crippen LogP contribution in [0, 0.1) is 5.41 Å². The number of imidazole rings is 1. The van der Waals surface area contributed by atoms with Gasteiger partial charge < -0.3 is 4.74 Å². The number of halogens is 1. The van der Waals surface area contributed by atoms with Crippen molar-refractivity contribution >= 4 is 22.8 Å². The van der Waals surface area contributed by atoms with E-state index in [9.17, 15) is 4.79 Å². The van der Waals surface area contributed by atoms with Gasteiger partial charge in [0.05, 0.1) is 19.4 Å². The van der Waals surface area contributed by atoms with Gasteiger partial charge in [0.25, 0.3) is 0 Å². The van der Waals surface area contributed by atoms with Gasteiger partial charge in [0, 0.05) is 18.5 Å². The molecular weight excluding hydrogens is 292 g/mol. The quantitative estimate of drug-likeness (QED) is 0.755. The van der Waals surface area contributed by atoms with Crippen LogP contribution >= 0.6 is 11.6 Å². The van der Waals surface area contributed by atoms with Gasteiger partial charge in [-0.15, -0.1) is 0 Å². The standard InChI is InChI=1S/C14H17ClN4O2/c1-18-10-6-16-12(15)17-11(10)19(13(18)20)9-2-4-14(5-3-9)7-21-8-14/h6,9H,2-5,7-8H2,1H3. The Balaban J connectivity index is 1.75. The second kappa shape index (κ2) is 4.55. The highest BCUT2D eigenvalue weighted by Gasteiger charge is 2.42. The summed E-state index contributed by atoms with van der Waals surface area (Å²) in [5.41, 5.74) is 1.72. The molecule has 2 aliphatic rings. The predicted molar refractivity (Wildman–Crippen MR) is 78.5 cm³/mol. The fraction of sp³-hybridized carbons (Fsp3) is 0.643. The lowest BCUT2D eigenvalue weighted by molar-refractivity contribution is -0.135. The van der Waals surface area contributed by atoms with Crippen LogP contribution in [-0.4, -0.2) is 32.3 Å². The maximum atomic E-state index is 12.5. The molecule has 4 rings (SSSR count). The van der Waals surface area contributed by atoms with Crippen molar-refractivity contribution < 1.29 is 4.74 Å².